The van der Waals surface area contributed by atoms with Crippen molar-refractivity contribution in [3.8, 4) is 5.88 Å². The number of hydrogen-bond donors (Lipinski definition) is 1. The van der Waals surface area contributed by atoms with Crippen molar-refractivity contribution >= 4 is 22.5 Å². The smallest absolute Gasteiger partial charge is 0.218 e. The molecule has 2 aromatic heterocycles. The van der Waals surface area contributed by atoms with E-state index < -0.39 is 0 Å². The number of anilines is 2. The van der Waals surface area contributed by atoms with Crippen LogP contribution >= 0.6 is 11.5 Å². The Hall–Kier alpha value is -1.96. The molecule has 1 saturated heterocycles. The average molecular weight is 306 g/mol. The van der Waals surface area contributed by atoms with E-state index >= 15 is 0 Å². The van der Waals surface area contributed by atoms with Crippen molar-refractivity contribution in [2.24, 2.45) is 0 Å². The number of hydrogen-bond acceptors (Lipinski definition) is 8. The Morgan fingerprint density at radius 1 is 1.33 bits per heavy atom. The summed E-state index contributed by atoms with van der Waals surface area (Å²) in [4.78, 5) is 15.0. The summed E-state index contributed by atoms with van der Waals surface area (Å²) in [6, 6.07) is 2.23. The first-order valence-corrected chi connectivity index (χ1v) is 7.70. The quantitative estimate of drug-likeness (QED) is 0.921. The van der Waals surface area contributed by atoms with Gasteiger partial charge in [0, 0.05) is 36.7 Å². The fourth-order valence-corrected chi connectivity index (χ4v) is 3.09. The largest absolute Gasteiger partial charge is 0.481 e. The van der Waals surface area contributed by atoms with E-state index in [1.807, 2.05) is 13.0 Å². The predicted molar refractivity (Wildman–Crippen MR) is 82.1 cm³/mol. The van der Waals surface area contributed by atoms with Crippen molar-refractivity contribution in [2.75, 3.05) is 30.4 Å². The number of piperidine rings is 1. The highest BCUT2D eigenvalue weighted by molar-refractivity contribution is 7.09. The zero-order valence-electron chi connectivity index (χ0n) is 12.1. The first-order chi connectivity index (χ1) is 10.2. The Labute approximate surface area is 127 Å². The standard InChI is InChI=1S/C13H18N6OS/c1-9-16-13(21-18-9)19-5-3-10(4-6-19)17-11-7-12(20-2)15-8-14-11/h7-8,10H,3-6H2,1-2H3,(H,14,15,17). The highest BCUT2D eigenvalue weighted by Gasteiger charge is 2.21. The minimum Gasteiger partial charge on any atom is -0.481 e. The second kappa shape index (κ2) is 6.21. The molecule has 0 saturated carbocycles. The van der Waals surface area contributed by atoms with Crippen molar-refractivity contribution in [2.45, 2.75) is 25.8 Å². The molecule has 0 atom stereocenters. The van der Waals surface area contributed by atoms with Crippen LogP contribution < -0.4 is 15.0 Å². The molecule has 112 valence electrons. The Morgan fingerprint density at radius 2 is 2.14 bits per heavy atom. The number of methoxy groups -OCH3 is 1. The summed E-state index contributed by atoms with van der Waals surface area (Å²) in [5, 5.41) is 4.47. The molecule has 0 unspecified atom stereocenters. The van der Waals surface area contributed by atoms with E-state index in [1.165, 1.54) is 17.9 Å². The van der Waals surface area contributed by atoms with Crippen LogP contribution in [0.5, 0.6) is 5.88 Å². The maximum atomic E-state index is 5.11. The molecule has 21 heavy (non-hydrogen) atoms. The van der Waals surface area contributed by atoms with Gasteiger partial charge in [0.2, 0.25) is 11.0 Å². The normalized spacial score (nSPS) is 16.0. The third-order valence-corrected chi connectivity index (χ3v) is 4.35. The Morgan fingerprint density at radius 3 is 2.81 bits per heavy atom. The van der Waals surface area contributed by atoms with Crippen LogP contribution in [0.2, 0.25) is 0 Å². The molecular weight excluding hydrogens is 288 g/mol. The molecule has 0 radical (unpaired) electrons. The van der Waals surface area contributed by atoms with Gasteiger partial charge < -0.3 is 15.0 Å². The molecule has 0 spiro atoms. The topological polar surface area (TPSA) is 76.1 Å². The molecule has 3 heterocycles. The van der Waals surface area contributed by atoms with Crippen LogP contribution in [0.15, 0.2) is 12.4 Å². The van der Waals surface area contributed by atoms with Gasteiger partial charge in [-0.1, -0.05) is 0 Å². The molecule has 7 nitrogen and oxygen atoms in total. The fourth-order valence-electron chi connectivity index (χ4n) is 2.37. The highest BCUT2D eigenvalue weighted by atomic mass is 32.1. The van der Waals surface area contributed by atoms with Crippen molar-refractivity contribution in [1.82, 2.24) is 19.3 Å². The molecule has 0 aromatic carbocycles. The summed E-state index contributed by atoms with van der Waals surface area (Å²) >= 11 is 1.47. The van der Waals surface area contributed by atoms with Crippen LogP contribution in [0.4, 0.5) is 10.9 Å². The molecule has 0 bridgehead atoms. The predicted octanol–water partition coefficient (Wildman–Crippen LogP) is 1.73. The van der Waals surface area contributed by atoms with Crippen molar-refractivity contribution in [3.05, 3.63) is 18.2 Å². The Bertz CT molecular complexity index is 596. The molecule has 1 aliphatic rings. The summed E-state index contributed by atoms with van der Waals surface area (Å²) in [5.41, 5.74) is 0. The van der Waals surface area contributed by atoms with Gasteiger partial charge in [-0.15, -0.1) is 0 Å². The lowest BCUT2D eigenvalue weighted by Crippen LogP contribution is -2.39. The molecule has 8 heteroatoms. The molecule has 3 rings (SSSR count). The first kappa shape index (κ1) is 14.0. The highest BCUT2D eigenvalue weighted by Crippen LogP contribution is 2.23. The lowest BCUT2D eigenvalue weighted by molar-refractivity contribution is 0.397. The van der Waals surface area contributed by atoms with E-state index in [2.05, 4.69) is 29.5 Å². The monoisotopic (exact) mass is 306 g/mol. The number of ether oxygens (including phenoxy) is 1. The van der Waals surface area contributed by atoms with E-state index in [9.17, 15) is 0 Å². The van der Waals surface area contributed by atoms with E-state index in [4.69, 9.17) is 4.74 Å². The van der Waals surface area contributed by atoms with Gasteiger partial charge in [0.1, 0.15) is 18.0 Å². The van der Waals surface area contributed by atoms with Crippen LogP contribution in [0.3, 0.4) is 0 Å². The lowest BCUT2D eigenvalue weighted by Gasteiger charge is -2.32. The lowest BCUT2D eigenvalue weighted by atomic mass is 10.1. The minimum atomic E-state index is 0.412. The number of aryl methyl sites for hydroxylation is 1. The van der Waals surface area contributed by atoms with Gasteiger partial charge >= 0.3 is 0 Å². The van der Waals surface area contributed by atoms with Gasteiger partial charge in [0.25, 0.3) is 0 Å². The molecule has 2 aromatic rings. The van der Waals surface area contributed by atoms with Crippen LogP contribution in [-0.2, 0) is 0 Å². The van der Waals surface area contributed by atoms with Crippen molar-refractivity contribution < 1.29 is 4.74 Å². The Balaban J connectivity index is 1.56. The van der Waals surface area contributed by atoms with Crippen molar-refractivity contribution in [1.29, 1.82) is 0 Å². The van der Waals surface area contributed by atoms with Gasteiger partial charge in [-0.3, -0.25) is 0 Å². The van der Waals surface area contributed by atoms with E-state index in [1.54, 1.807) is 7.11 Å². The summed E-state index contributed by atoms with van der Waals surface area (Å²) in [6.45, 7) is 3.89. The molecule has 1 aliphatic heterocycles. The molecule has 0 aliphatic carbocycles. The maximum absolute atomic E-state index is 5.11. The minimum absolute atomic E-state index is 0.412. The van der Waals surface area contributed by atoms with Crippen LogP contribution in [0, 0.1) is 6.92 Å². The SMILES string of the molecule is COc1cc(NC2CCN(c3nc(C)ns3)CC2)ncn1. The number of nitrogens with one attached hydrogen (secondary N) is 1. The number of aromatic nitrogens is 4. The second-order valence-corrected chi connectivity index (χ2v) is 5.71. The third kappa shape index (κ3) is 3.38. The van der Waals surface area contributed by atoms with Gasteiger partial charge in [0.15, 0.2) is 0 Å². The molecular formula is C13H18N6OS. The van der Waals surface area contributed by atoms with Gasteiger partial charge in [-0.05, 0) is 19.8 Å². The van der Waals surface area contributed by atoms with Gasteiger partial charge in [-0.2, -0.15) is 4.37 Å². The molecule has 1 fully saturated rings. The van der Waals surface area contributed by atoms with Gasteiger partial charge in [-0.25, -0.2) is 15.0 Å². The second-order valence-electron chi connectivity index (χ2n) is 4.98. The van der Waals surface area contributed by atoms with E-state index in [-0.39, 0.29) is 0 Å². The number of nitrogens with zero attached hydrogens (tertiary/aromatic N) is 5. The molecule has 0 amide bonds. The van der Waals surface area contributed by atoms with Crippen molar-refractivity contribution in [3.63, 3.8) is 0 Å². The number of rotatable bonds is 4. The zero-order chi connectivity index (χ0) is 14.7. The van der Waals surface area contributed by atoms with E-state index in [0.717, 1.165) is 42.7 Å². The molecule has 1 N–H and O–H groups in total. The van der Waals surface area contributed by atoms with E-state index in [0.29, 0.717) is 11.9 Å². The summed E-state index contributed by atoms with van der Waals surface area (Å²) in [5.74, 6) is 2.24. The summed E-state index contributed by atoms with van der Waals surface area (Å²) in [7, 11) is 1.61. The third-order valence-electron chi connectivity index (χ3n) is 3.49. The summed E-state index contributed by atoms with van der Waals surface area (Å²) in [6.07, 6.45) is 3.61. The summed E-state index contributed by atoms with van der Waals surface area (Å²) < 4.78 is 9.35. The van der Waals surface area contributed by atoms with Crippen LogP contribution in [-0.4, -0.2) is 45.6 Å². The zero-order valence-corrected chi connectivity index (χ0v) is 12.9. The van der Waals surface area contributed by atoms with Crippen LogP contribution in [0.25, 0.3) is 0 Å². The first-order valence-electron chi connectivity index (χ1n) is 6.92. The Kier molecular flexibility index (Phi) is 4.14. The fraction of sp³-hybridized carbons (Fsp3) is 0.538. The average Bonchev–Trinajstić information content (AvgIpc) is 2.95. The van der Waals surface area contributed by atoms with Crippen LogP contribution in [0.1, 0.15) is 18.7 Å². The van der Waals surface area contributed by atoms with Gasteiger partial charge in [0.05, 0.1) is 7.11 Å². The maximum Gasteiger partial charge on any atom is 0.218 e.